The number of phenols is 1. The Hall–Kier alpha value is -3.21. The summed E-state index contributed by atoms with van der Waals surface area (Å²) < 4.78 is 45.9. The van der Waals surface area contributed by atoms with Crippen molar-refractivity contribution in [2.24, 2.45) is 4.99 Å². The molecule has 1 aromatic heterocycles. The molecule has 3 aromatic rings. The Balaban J connectivity index is 1.46. The summed E-state index contributed by atoms with van der Waals surface area (Å²) in [6.07, 6.45) is 5.80. The molecule has 4 heterocycles. The van der Waals surface area contributed by atoms with Crippen LogP contribution in [-0.4, -0.2) is 119 Å². The molecule has 3 aliphatic heterocycles. The Kier molecular flexibility index (Phi) is 10.3. The van der Waals surface area contributed by atoms with Crippen molar-refractivity contribution in [1.82, 2.24) is 23.8 Å². The van der Waals surface area contributed by atoms with Gasteiger partial charge in [-0.25, -0.2) is 17.4 Å². The fraction of sp³-hybridized carbons (Fsp3) is 0.485. The number of piperidine rings is 1. The monoisotopic (exact) mass is 746 g/mol. The maximum atomic E-state index is 17.6. The van der Waals surface area contributed by atoms with Crippen molar-refractivity contribution in [3.05, 3.63) is 64.8 Å². The number of anilines is 2. The lowest BCUT2D eigenvalue weighted by atomic mass is 9.94. The third kappa shape index (κ3) is 6.81. The highest BCUT2D eigenvalue weighted by atomic mass is 79.9. The lowest BCUT2D eigenvalue weighted by Crippen LogP contribution is -2.69. The van der Waals surface area contributed by atoms with Crippen molar-refractivity contribution in [3.8, 4) is 5.75 Å². The van der Waals surface area contributed by atoms with Crippen LogP contribution in [0.15, 0.2) is 69.8 Å². The smallest absolute Gasteiger partial charge is 0.237 e. The van der Waals surface area contributed by atoms with Crippen molar-refractivity contribution < 1.29 is 23.1 Å². The van der Waals surface area contributed by atoms with Crippen LogP contribution in [0.25, 0.3) is 10.9 Å². The van der Waals surface area contributed by atoms with E-state index in [9.17, 15) is 18.6 Å². The Bertz CT molecular complexity index is 1770. The fourth-order valence-corrected chi connectivity index (χ4v) is 8.39. The van der Waals surface area contributed by atoms with E-state index in [1.807, 2.05) is 35.2 Å². The van der Waals surface area contributed by atoms with Crippen LogP contribution in [0.4, 0.5) is 16.0 Å². The number of likely N-dealkylation sites (N-methyl/N-ethyl adjacent to an activating group) is 1. The minimum Gasteiger partial charge on any atom is -0.506 e. The zero-order chi connectivity index (χ0) is 34.1. The number of hydrogen-bond acceptors (Lipinski definition) is 11. The highest BCUT2D eigenvalue weighted by molar-refractivity contribution is 9.10. The molecule has 0 aliphatic carbocycles. The summed E-state index contributed by atoms with van der Waals surface area (Å²) in [6.45, 7) is 5.02. The summed E-state index contributed by atoms with van der Waals surface area (Å²) in [5.41, 5.74) is 1.48. The zero-order valence-corrected chi connectivity index (χ0v) is 29.7. The normalized spacial score (nSPS) is 22.1. The lowest BCUT2D eigenvalue weighted by Gasteiger charge is -2.53. The molecule has 3 aliphatic rings. The van der Waals surface area contributed by atoms with Gasteiger partial charge < -0.3 is 25.7 Å². The molecular formula is C33H44BrFN8O4S. The minimum atomic E-state index is -3.94. The second kappa shape index (κ2) is 14.3. The largest absolute Gasteiger partial charge is 0.506 e. The number of piperazine rings is 1. The van der Waals surface area contributed by atoms with E-state index >= 15 is 4.48 Å². The molecule has 12 nitrogen and oxygen atoms in total. The third-order valence-corrected chi connectivity index (χ3v) is 11.3. The van der Waals surface area contributed by atoms with Gasteiger partial charge in [-0.15, -0.1) is 5.12 Å². The summed E-state index contributed by atoms with van der Waals surface area (Å²) >= 11 is 3.34. The summed E-state index contributed by atoms with van der Waals surface area (Å²) in [4.78, 5) is 11.4. The predicted octanol–water partition coefficient (Wildman–Crippen LogP) is 4.41. The van der Waals surface area contributed by atoms with Gasteiger partial charge in [-0.3, -0.25) is 9.80 Å². The molecule has 6 rings (SSSR count). The number of likely N-dealkylation sites (tertiary alicyclic amines) is 1. The van der Waals surface area contributed by atoms with Crippen molar-refractivity contribution >= 4 is 54.3 Å². The first-order valence-electron chi connectivity index (χ1n) is 16.4. The maximum Gasteiger partial charge on any atom is 0.237 e. The molecular weight excluding hydrogens is 703 g/mol. The fourth-order valence-electron chi connectivity index (χ4n) is 7.07. The number of fused-ring (bicyclic) bond motifs is 1. The van der Waals surface area contributed by atoms with Crippen molar-refractivity contribution in [1.29, 1.82) is 0 Å². The number of halogens is 2. The minimum absolute atomic E-state index is 0.00990. The van der Waals surface area contributed by atoms with Crippen LogP contribution in [0.2, 0.25) is 0 Å². The van der Waals surface area contributed by atoms with Crippen LogP contribution >= 0.6 is 15.9 Å². The summed E-state index contributed by atoms with van der Waals surface area (Å²) in [6, 6.07) is 14.3. The van der Waals surface area contributed by atoms with Gasteiger partial charge in [0, 0.05) is 74.8 Å². The van der Waals surface area contributed by atoms with Gasteiger partial charge in [0.15, 0.2) is 0 Å². The molecule has 0 radical (unpaired) electrons. The van der Waals surface area contributed by atoms with Gasteiger partial charge in [0.25, 0.3) is 0 Å². The van der Waals surface area contributed by atoms with Crippen LogP contribution in [0, 0.1) is 0 Å². The van der Waals surface area contributed by atoms with E-state index in [4.69, 9.17) is 0 Å². The number of unbranched alkanes of at least 4 members (excludes halogenated alkanes) is 1. The summed E-state index contributed by atoms with van der Waals surface area (Å²) in [7, 11) is -1.81. The van der Waals surface area contributed by atoms with E-state index in [-0.39, 0.29) is 29.7 Å². The highest BCUT2D eigenvalue weighted by Crippen LogP contribution is 2.43. The Morgan fingerprint density at radius 3 is 2.42 bits per heavy atom. The van der Waals surface area contributed by atoms with Gasteiger partial charge in [0.2, 0.25) is 21.8 Å². The van der Waals surface area contributed by atoms with Gasteiger partial charge >= 0.3 is 0 Å². The van der Waals surface area contributed by atoms with E-state index in [0.717, 1.165) is 49.2 Å². The molecule has 4 N–H and O–H groups in total. The van der Waals surface area contributed by atoms with Crippen LogP contribution in [0.5, 0.6) is 5.75 Å². The van der Waals surface area contributed by atoms with Crippen LogP contribution in [0.3, 0.4) is 0 Å². The first kappa shape index (κ1) is 34.6. The number of guanidine groups is 1. The second-order valence-electron chi connectivity index (χ2n) is 12.8. The topological polar surface area (TPSA) is 129 Å². The number of benzene rings is 2. The van der Waals surface area contributed by atoms with Gasteiger partial charge in [0.1, 0.15) is 11.6 Å². The number of hydrogen-bond donors (Lipinski definition) is 4. The molecule has 2 saturated heterocycles. The number of rotatable bonds is 10. The Labute approximate surface area is 289 Å². The first-order valence-corrected chi connectivity index (χ1v) is 19.0. The molecule has 1 unspecified atom stereocenters. The quantitative estimate of drug-likeness (QED) is 0.175. The molecule has 2 aromatic carbocycles. The molecule has 15 heteroatoms. The predicted molar refractivity (Wildman–Crippen MR) is 191 cm³/mol. The molecule has 0 bridgehead atoms. The number of para-hydroxylation sites is 1. The molecule has 0 spiro atoms. The summed E-state index contributed by atoms with van der Waals surface area (Å²) in [5.74, 6) is -1.77. The van der Waals surface area contributed by atoms with E-state index in [2.05, 4.69) is 48.4 Å². The number of aliphatic hydroxyl groups excluding tert-OH is 1. The molecule has 48 heavy (non-hydrogen) atoms. The molecule has 1 atom stereocenters. The molecule has 0 amide bonds. The van der Waals surface area contributed by atoms with Crippen LogP contribution in [-0.2, 0) is 10.0 Å². The number of nitrogens with one attached hydrogen (secondary N) is 2. The molecule has 0 saturated carbocycles. The van der Waals surface area contributed by atoms with E-state index in [0.29, 0.717) is 64.6 Å². The number of aliphatic imine (C=N–C) groups is 1. The van der Waals surface area contributed by atoms with Crippen LogP contribution < -0.4 is 10.6 Å². The van der Waals surface area contributed by atoms with Crippen molar-refractivity contribution in [2.45, 2.75) is 43.9 Å². The third-order valence-electron chi connectivity index (χ3n) is 9.62. The lowest BCUT2D eigenvalue weighted by molar-refractivity contribution is -0.0916. The van der Waals surface area contributed by atoms with Crippen molar-refractivity contribution in [3.63, 3.8) is 0 Å². The van der Waals surface area contributed by atoms with Gasteiger partial charge in [-0.2, -0.15) is 0 Å². The number of aromatic nitrogens is 1. The van der Waals surface area contributed by atoms with Gasteiger partial charge in [-0.1, -0.05) is 22.7 Å². The number of aliphatic hydroxyl groups is 1. The standard InChI is InChI=1S/C33H44BrFN8O4S/c1-39-17-19-40(20-18-39)26-13-15-41(16-14-26)33(38-30-22-27-29(42(30)48(2,46)47)12-11-28(34)31(27)45)24(8-6-7-21-44)23-36-32(43(33)35)37-25-9-4-3-5-10-25/h3-5,9-12,22-23,26,38,44-45H,6-8,13-21H2,1-2H3,(H,36,37). The zero-order valence-electron chi connectivity index (χ0n) is 27.3. The SMILES string of the molecule is CN1CCN(C2CCN(C3(Nc4cc5c(O)c(Br)ccc5n4S(C)(=O)=O)C(CCCCO)=CN=C(Nc4ccccc4)N3F)CC2)CC1. The average molecular weight is 748 g/mol. The van der Waals surface area contributed by atoms with Gasteiger partial charge in [0.05, 0.1) is 16.2 Å². The van der Waals surface area contributed by atoms with E-state index < -0.39 is 15.8 Å². The van der Waals surface area contributed by atoms with Crippen molar-refractivity contribution in [2.75, 3.05) is 69.8 Å². The first-order chi connectivity index (χ1) is 23.0. The van der Waals surface area contributed by atoms with E-state index in [1.54, 1.807) is 24.4 Å². The molecule has 260 valence electrons. The van der Waals surface area contributed by atoms with E-state index in [1.165, 1.54) is 0 Å². The highest BCUT2D eigenvalue weighted by Gasteiger charge is 2.52. The number of aromatic hydroxyl groups is 1. The Morgan fingerprint density at radius 2 is 1.75 bits per heavy atom. The van der Waals surface area contributed by atoms with Gasteiger partial charge in [-0.05, 0) is 85.4 Å². The number of nitrogens with zero attached hydrogens (tertiary/aromatic N) is 6. The summed E-state index contributed by atoms with van der Waals surface area (Å²) in [5, 5.41) is 27.9. The average Bonchev–Trinajstić information content (AvgIpc) is 3.46. The second-order valence-corrected chi connectivity index (χ2v) is 15.5. The number of phenolic OH excluding ortho intramolecular Hbond substituents is 1. The molecule has 2 fully saturated rings. The Morgan fingerprint density at radius 1 is 1.04 bits per heavy atom. The van der Waals surface area contributed by atoms with Crippen LogP contribution in [0.1, 0.15) is 32.1 Å². The maximum absolute atomic E-state index is 17.6.